The Morgan fingerprint density at radius 3 is 2.70 bits per heavy atom. The molecule has 5 heteroatoms. The van der Waals surface area contributed by atoms with Gasteiger partial charge in [0.15, 0.2) is 0 Å². The van der Waals surface area contributed by atoms with Crippen molar-refractivity contribution in [1.29, 1.82) is 0 Å². The number of nitrogens with two attached hydrogens (primary N) is 1. The number of hydrogen-bond donors (Lipinski definition) is 2. The van der Waals surface area contributed by atoms with E-state index in [2.05, 4.69) is 41.4 Å². The summed E-state index contributed by atoms with van der Waals surface area (Å²) in [6.45, 7) is 5.21. The first kappa shape index (κ1) is 18.2. The fraction of sp³-hybridized carbons (Fsp3) is 0.611. The first-order chi connectivity index (χ1) is 10.6. The Morgan fingerprint density at radius 2 is 2.00 bits per heavy atom. The van der Waals surface area contributed by atoms with E-state index in [1.807, 2.05) is 0 Å². The average Bonchev–Trinajstić information content (AvgIpc) is 2.90. The van der Waals surface area contributed by atoms with Crippen LogP contribution in [0.3, 0.4) is 0 Å². The molecule has 1 aliphatic carbocycles. The second-order valence-corrected chi connectivity index (χ2v) is 6.98. The van der Waals surface area contributed by atoms with Crippen LogP contribution in [0.4, 0.5) is 0 Å². The highest BCUT2D eigenvalue weighted by molar-refractivity contribution is 5.85. The highest BCUT2D eigenvalue weighted by Gasteiger charge is 2.38. The molecule has 1 heterocycles. The van der Waals surface area contributed by atoms with Crippen molar-refractivity contribution in [3.8, 4) is 0 Å². The van der Waals surface area contributed by atoms with E-state index in [1.165, 1.54) is 18.4 Å². The topological polar surface area (TPSA) is 58.4 Å². The summed E-state index contributed by atoms with van der Waals surface area (Å²) in [5.74, 6) is 1.42. The Balaban J connectivity index is 0.00000192. The monoisotopic (exact) mass is 337 g/mol. The van der Waals surface area contributed by atoms with E-state index in [1.54, 1.807) is 0 Å². The summed E-state index contributed by atoms with van der Waals surface area (Å²) in [5, 5.41) is 3.03. The van der Waals surface area contributed by atoms with E-state index < -0.39 is 0 Å². The average molecular weight is 338 g/mol. The molecule has 3 atom stereocenters. The Morgan fingerprint density at radius 1 is 1.26 bits per heavy atom. The molecule has 1 amide bonds. The van der Waals surface area contributed by atoms with Crippen LogP contribution in [-0.4, -0.2) is 36.5 Å². The first-order valence-corrected chi connectivity index (χ1v) is 8.42. The van der Waals surface area contributed by atoms with Crippen molar-refractivity contribution in [2.24, 2.45) is 17.6 Å². The Kier molecular flexibility index (Phi) is 6.45. The van der Waals surface area contributed by atoms with Gasteiger partial charge in [-0.1, -0.05) is 36.2 Å². The maximum atomic E-state index is 12.1. The van der Waals surface area contributed by atoms with Crippen LogP contribution in [0.1, 0.15) is 30.4 Å². The molecule has 1 aliphatic heterocycles. The van der Waals surface area contributed by atoms with Gasteiger partial charge in [0.2, 0.25) is 5.91 Å². The van der Waals surface area contributed by atoms with Gasteiger partial charge in [-0.05, 0) is 37.2 Å². The first-order valence-electron chi connectivity index (χ1n) is 8.42. The quantitative estimate of drug-likeness (QED) is 0.884. The van der Waals surface area contributed by atoms with Crippen molar-refractivity contribution in [3.05, 3.63) is 35.4 Å². The highest BCUT2D eigenvalue weighted by atomic mass is 35.5. The zero-order valence-corrected chi connectivity index (χ0v) is 14.6. The summed E-state index contributed by atoms with van der Waals surface area (Å²) in [4.78, 5) is 14.4. The lowest BCUT2D eigenvalue weighted by molar-refractivity contribution is -0.122. The number of carbonyl (C=O) groups excluding carboxylic acids is 1. The van der Waals surface area contributed by atoms with Gasteiger partial charge in [-0.3, -0.25) is 9.69 Å². The fourth-order valence-corrected chi connectivity index (χ4v) is 3.90. The van der Waals surface area contributed by atoms with Crippen LogP contribution in [0.25, 0.3) is 0 Å². The van der Waals surface area contributed by atoms with Gasteiger partial charge in [-0.15, -0.1) is 12.4 Å². The molecule has 1 saturated carbocycles. The zero-order chi connectivity index (χ0) is 15.5. The molecule has 3 N–H and O–H groups in total. The van der Waals surface area contributed by atoms with Gasteiger partial charge in [0.1, 0.15) is 0 Å². The number of likely N-dealkylation sites (tertiary alicyclic amines) is 1. The van der Waals surface area contributed by atoms with Gasteiger partial charge in [-0.25, -0.2) is 0 Å². The number of amides is 1. The van der Waals surface area contributed by atoms with Crippen molar-refractivity contribution < 1.29 is 4.79 Å². The largest absolute Gasteiger partial charge is 0.351 e. The van der Waals surface area contributed by atoms with Crippen molar-refractivity contribution in [2.75, 3.05) is 19.6 Å². The molecule has 0 bridgehead atoms. The molecular formula is C18H28ClN3O. The molecular weight excluding hydrogens is 310 g/mol. The second kappa shape index (κ2) is 8.13. The van der Waals surface area contributed by atoms with Crippen LogP contribution < -0.4 is 11.1 Å². The van der Waals surface area contributed by atoms with E-state index in [-0.39, 0.29) is 18.3 Å². The number of fused-ring (bicyclic) bond motifs is 1. The van der Waals surface area contributed by atoms with Crippen molar-refractivity contribution in [1.82, 2.24) is 10.2 Å². The van der Waals surface area contributed by atoms with E-state index in [9.17, 15) is 4.79 Å². The van der Waals surface area contributed by atoms with E-state index in [0.717, 1.165) is 25.1 Å². The smallest absolute Gasteiger partial charge is 0.234 e. The number of hydrogen-bond acceptors (Lipinski definition) is 3. The van der Waals surface area contributed by atoms with Crippen LogP contribution >= 0.6 is 12.4 Å². The van der Waals surface area contributed by atoms with E-state index in [0.29, 0.717) is 31.0 Å². The number of nitrogens with zero attached hydrogens (tertiary/aromatic N) is 1. The number of rotatable bonds is 4. The Labute approximate surface area is 145 Å². The van der Waals surface area contributed by atoms with E-state index in [4.69, 9.17) is 5.73 Å². The van der Waals surface area contributed by atoms with Gasteiger partial charge in [0.25, 0.3) is 0 Å². The lowest BCUT2D eigenvalue weighted by Gasteiger charge is -2.29. The number of aryl methyl sites for hydroxylation is 1. The minimum Gasteiger partial charge on any atom is -0.351 e. The van der Waals surface area contributed by atoms with Crippen LogP contribution in [0, 0.1) is 18.8 Å². The molecule has 1 aromatic carbocycles. The van der Waals surface area contributed by atoms with Crippen LogP contribution in [0.2, 0.25) is 0 Å². The van der Waals surface area contributed by atoms with E-state index >= 15 is 0 Å². The maximum Gasteiger partial charge on any atom is 0.234 e. The third-order valence-electron chi connectivity index (χ3n) is 5.21. The predicted molar refractivity (Wildman–Crippen MR) is 95.5 cm³/mol. The van der Waals surface area contributed by atoms with Crippen LogP contribution in [0.5, 0.6) is 0 Å². The molecule has 3 unspecified atom stereocenters. The van der Waals surface area contributed by atoms with Crippen molar-refractivity contribution in [3.63, 3.8) is 0 Å². The molecule has 2 fully saturated rings. The van der Waals surface area contributed by atoms with Crippen LogP contribution in [0.15, 0.2) is 24.3 Å². The number of benzene rings is 1. The SMILES string of the molecule is Cc1ccc(CNC(=O)CN2CC3CCCC(N)C3C2)cc1.Cl. The summed E-state index contributed by atoms with van der Waals surface area (Å²) in [7, 11) is 0. The standard InChI is InChI=1S/C18H27N3O.ClH/c1-13-5-7-14(8-6-13)9-20-18(22)12-21-10-15-3-2-4-17(19)16(15)11-21;/h5-8,15-17H,2-4,9-12,19H2,1H3,(H,20,22);1H. The number of carbonyl (C=O) groups is 1. The summed E-state index contributed by atoms with van der Waals surface area (Å²) < 4.78 is 0. The van der Waals surface area contributed by atoms with Crippen molar-refractivity contribution in [2.45, 2.75) is 38.8 Å². The molecule has 0 spiro atoms. The van der Waals surface area contributed by atoms with Gasteiger partial charge < -0.3 is 11.1 Å². The van der Waals surface area contributed by atoms with Crippen molar-refractivity contribution >= 4 is 18.3 Å². The summed E-state index contributed by atoms with van der Waals surface area (Å²) in [5.41, 5.74) is 8.62. The highest BCUT2D eigenvalue weighted by Crippen LogP contribution is 2.35. The molecule has 1 saturated heterocycles. The molecule has 128 valence electrons. The molecule has 1 aromatic rings. The molecule has 2 aliphatic rings. The van der Waals surface area contributed by atoms with Gasteiger partial charge in [0, 0.05) is 25.7 Å². The Hall–Kier alpha value is -1.10. The lowest BCUT2D eigenvalue weighted by Crippen LogP contribution is -2.39. The molecule has 23 heavy (non-hydrogen) atoms. The molecule has 0 radical (unpaired) electrons. The minimum atomic E-state index is 0. The molecule has 4 nitrogen and oxygen atoms in total. The second-order valence-electron chi connectivity index (χ2n) is 6.98. The third-order valence-corrected chi connectivity index (χ3v) is 5.21. The summed E-state index contributed by atoms with van der Waals surface area (Å²) >= 11 is 0. The van der Waals surface area contributed by atoms with Gasteiger partial charge >= 0.3 is 0 Å². The predicted octanol–water partition coefficient (Wildman–Crippen LogP) is 2.09. The fourth-order valence-electron chi connectivity index (χ4n) is 3.90. The third kappa shape index (κ3) is 4.69. The lowest BCUT2D eigenvalue weighted by atomic mass is 9.78. The van der Waals surface area contributed by atoms with Crippen LogP contribution in [-0.2, 0) is 11.3 Å². The normalized spacial score (nSPS) is 27.1. The molecule has 3 rings (SSSR count). The summed E-state index contributed by atoms with van der Waals surface area (Å²) in [6, 6.07) is 8.62. The van der Waals surface area contributed by atoms with Gasteiger partial charge in [-0.2, -0.15) is 0 Å². The summed E-state index contributed by atoms with van der Waals surface area (Å²) in [6.07, 6.45) is 3.67. The number of nitrogens with one attached hydrogen (secondary N) is 1. The minimum absolute atomic E-state index is 0. The maximum absolute atomic E-state index is 12.1. The Bertz CT molecular complexity index is 520. The molecule has 0 aromatic heterocycles. The zero-order valence-electron chi connectivity index (χ0n) is 13.8. The van der Waals surface area contributed by atoms with Gasteiger partial charge in [0.05, 0.1) is 6.54 Å². The number of halogens is 1.